The smallest absolute Gasteiger partial charge is 0.438 e. The van der Waals surface area contributed by atoms with Gasteiger partial charge in [0.2, 0.25) is 0 Å². The van der Waals surface area contributed by atoms with Crippen molar-refractivity contribution >= 4 is 29.8 Å². The Morgan fingerprint density at radius 2 is 1.76 bits per heavy atom. The average molecular weight is 481 g/mol. The normalized spacial score (nSPS) is 13.2. The topological polar surface area (TPSA) is 196 Å². The molecule has 2 N–H and O–H groups in total. The van der Waals surface area contributed by atoms with E-state index < -0.39 is 49.5 Å². The highest BCUT2D eigenvalue weighted by atomic mass is 16.8. The van der Waals surface area contributed by atoms with E-state index >= 15 is 0 Å². The molecular formula is C19H23N5O10. The molecule has 0 aliphatic heterocycles. The first kappa shape index (κ1) is 25.8. The summed E-state index contributed by atoms with van der Waals surface area (Å²) >= 11 is 0. The molecule has 0 aliphatic carbocycles. The number of aromatic nitrogens is 3. The van der Waals surface area contributed by atoms with Crippen LogP contribution in [0.15, 0.2) is 18.5 Å². The summed E-state index contributed by atoms with van der Waals surface area (Å²) < 4.78 is 35.8. The van der Waals surface area contributed by atoms with E-state index in [1.54, 1.807) is 13.8 Å². The van der Waals surface area contributed by atoms with E-state index in [0.29, 0.717) is 5.52 Å². The number of nitrogens with zero attached hydrogens (tertiary/aromatic N) is 4. The summed E-state index contributed by atoms with van der Waals surface area (Å²) in [6.07, 6.45) is -5.97. The van der Waals surface area contributed by atoms with Gasteiger partial charge < -0.3 is 38.9 Å². The highest BCUT2D eigenvalue weighted by Crippen LogP contribution is 2.30. The number of carbonyl (C=O) groups excluding carboxylic acids is 3. The molecule has 15 heteroatoms. The predicted molar refractivity (Wildman–Crippen MR) is 109 cm³/mol. The van der Waals surface area contributed by atoms with Gasteiger partial charge in [0.1, 0.15) is 18.5 Å². The van der Waals surface area contributed by atoms with Crippen LogP contribution in [0.1, 0.15) is 25.6 Å². The summed E-state index contributed by atoms with van der Waals surface area (Å²) in [7, 11) is 2.09. The monoisotopic (exact) mass is 481 g/mol. The molecule has 0 saturated heterocycles. The summed E-state index contributed by atoms with van der Waals surface area (Å²) in [6.45, 7) is 2.56. The first-order chi connectivity index (χ1) is 16.2. The molecule has 2 aromatic rings. The fourth-order valence-electron chi connectivity index (χ4n) is 2.77. The van der Waals surface area contributed by atoms with E-state index in [9.17, 15) is 14.4 Å². The summed E-state index contributed by atoms with van der Waals surface area (Å²) in [5, 5.41) is 13.2. The molecule has 0 bridgehead atoms. The largest absolute Gasteiger partial charge is 0.508 e. The standard InChI is InChI=1S/C19H23N5O10/c1-10(2)32-19(27)30-7-13(31-8-20)15(34-18(26)29-4)14(33-17(25)28-3)11-5-6-12-16(21)22-9-23-24(11)12/h5-6,9-10,13-15H,7H2,1-4H3,(H2,21,22,23)/t13-,14+,15-/m1/s1. The molecule has 0 amide bonds. The van der Waals surface area contributed by atoms with Crippen molar-refractivity contribution in [1.29, 1.82) is 5.26 Å². The van der Waals surface area contributed by atoms with Crippen LogP contribution >= 0.6 is 0 Å². The molecule has 2 rings (SSSR count). The third kappa shape index (κ3) is 6.51. The zero-order valence-electron chi connectivity index (χ0n) is 18.7. The maximum absolute atomic E-state index is 12.1. The molecular weight excluding hydrogens is 458 g/mol. The number of hydrogen-bond acceptors (Lipinski definition) is 14. The minimum atomic E-state index is -1.60. The van der Waals surface area contributed by atoms with Crippen molar-refractivity contribution in [2.75, 3.05) is 26.6 Å². The van der Waals surface area contributed by atoms with Gasteiger partial charge in [-0.2, -0.15) is 10.4 Å². The first-order valence-corrected chi connectivity index (χ1v) is 9.67. The quantitative estimate of drug-likeness (QED) is 0.308. The van der Waals surface area contributed by atoms with Crippen LogP contribution in [0.3, 0.4) is 0 Å². The second-order valence-electron chi connectivity index (χ2n) is 6.70. The first-order valence-electron chi connectivity index (χ1n) is 9.67. The number of nitrogen functional groups attached to an aromatic ring is 1. The van der Waals surface area contributed by atoms with Crippen molar-refractivity contribution in [2.24, 2.45) is 0 Å². The number of methoxy groups -OCH3 is 2. The maximum Gasteiger partial charge on any atom is 0.508 e. The third-order valence-corrected chi connectivity index (χ3v) is 4.16. The van der Waals surface area contributed by atoms with Crippen molar-refractivity contribution in [1.82, 2.24) is 14.6 Å². The van der Waals surface area contributed by atoms with Gasteiger partial charge in [-0.1, -0.05) is 0 Å². The van der Waals surface area contributed by atoms with Crippen molar-refractivity contribution < 1.29 is 47.5 Å². The van der Waals surface area contributed by atoms with Crippen LogP contribution in [0.2, 0.25) is 0 Å². The van der Waals surface area contributed by atoms with E-state index in [-0.39, 0.29) is 11.5 Å². The Kier molecular flexibility index (Phi) is 9.06. The maximum atomic E-state index is 12.1. The van der Waals surface area contributed by atoms with Gasteiger partial charge in [0.25, 0.3) is 6.26 Å². The molecule has 2 aromatic heterocycles. The zero-order valence-corrected chi connectivity index (χ0v) is 18.7. The summed E-state index contributed by atoms with van der Waals surface area (Å²) in [4.78, 5) is 39.8. The lowest BCUT2D eigenvalue weighted by atomic mass is 10.0. The highest BCUT2D eigenvalue weighted by Gasteiger charge is 2.42. The zero-order chi connectivity index (χ0) is 25.3. The SMILES string of the molecule is COC(=O)O[C@H]([C@@H](COC(=O)OC(C)C)OC#N)[C@@H](OC(=O)OC)c1ccc2c(N)ncnn12. The summed E-state index contributed by atoms with van der Waals surface area (Å²) in [5.74, 6) is 0.105. The number of ether oxygens (including phenoxy) is 7. The Labute approximate surface area is 193 Å². The number of nitrogens with two attached hydrogens (primary N) is 1. The average Bonchev–Trinajstić information content (AvgIpc) is 3.23. The van der Waals surface area contributed by atoms with Crippen molar-refractivity contribution in [3.63, 3.8) is 0 Å². The minimum absolute atomic E-state index is 0.105. The van der Waals surface area contributed by atoms with Crippen molar-refractivity contribution in [3.8, 4) is 6.26 Å². The van der Waals surface area contributed by atoms with Crippen LogP contribution in [-0.4, -0.2) is 72.2 Å². The Bertz CT molecular complexity index is 1050. The number of carbonyl (C=O) groups is 3. The van der Waals surface area contributed by atoms with E-state index in [4.69, 9.17) is 34.7 Å². The van der Waals surface area contributed by atoms with Crippen LogP contribution in [0.5, 0.6) is 0 Å². The molecule has 2 heterocycles. The lowest BCUT2D eigenvalue weighted by Crippen LogP contribution is -2.43. The molecule has 34 heavy (non-hydrogen) atoms. The molecule has 184 valence electrons. The van der Waals surface area contributed by atoms with Crippen LogP contribution in [0.25, 0.3) is 5.52 Å². The fraction of sp³-hybridized carbons (Fsp3) is 0.474. The second kappa shape index (κ2) is 11.9. The molecule has 15 nitrogen and oxygen atoms in total. The van der Waals surface area contributed by atoms with Crippen LogP contribution in [0, 0.1) is 11.5 Å². The van der Waals surface area contributed by atoms with Crippen molar-refractivity contribution in [2.45, 2.75) is 38.3 Å². The molecule has 0 aromatic carbocycles. The van der Waals surface area contributed by atoms with Crippen LogP contribution in [0.4, 0.5) is 20.2 Å². The molecule has 0 fully saturated rings. The van der Waals surface area contributed by atoms with Gasteiger partial charge in [-0.25, -0.2) is 23.9 Å². The van der Waals surface area contributed by atoms with Crippen LogP contribution in [-0.2, 0) is 33.2 Å². The minimum Gasteiger partial charge on any atom is -0.438 e. The Hall–Kier alpha value is -4.48. The van der Waals surface area contributed by atoms with Gasteiger partial charge >= 0.3 is 18.5 Å². The Morgan fingerprint density at radius 1 is 1.09 bits per heavy atom. The fourth-order valence-corrected chi connectivity index (χ4v) is 2.77. The van der Waals surface area contributed by atoms with Gasteiger partial charge in [-0.15, -0.1) is 0 Å². The van der Waals surface area contributed by atoms with E-state index in [1.807, 2.05) is 0 Å². The predicted octanol–water partition coefficient (Wildman–Crippen LogP) is 1.72. The molecule has 0 saturated carbocycles. The van der Waals surface area contributed by atoms with E-state index in [1.165, 1.54) is 22.9 Å². The summed E-state index contributed by atoms with van der Waals surface area (Å²) in [6, 6.07) is 2.98. The lowest BCUT2D eigenvalue weighted by molar-refractivity contribution is -0.112. The van der Waals surface area contributed by atoms with E-state index in [0.717, 1.165) is 20.5 Å². The highest BCUT2D eigenvalue weighted by molar-refractivity contribution is 5.66. The molecule has 0 unspecified atom stereocenters. The third-order valence-electron chi connectivity index (χ3n) is 4.16. The molecule has 0 aliphatic rings. The molecule has 3 atom stereocenters. The number of fused-ring (bicyclic) bond motifs is 1. The number of nitriles is 1. The van der Waals surface area contributed by atoms with Gasteiger partial charge in [0.05, 0.1) is 26.0 Å². The summed E-state index contributed by atoms with van der Waals surface area (Å²) in [5.41, 5.74) is 6.31. The Morgan fingerprint density at radius 3 is 2.38 bits per heavy atom. The number of hydrogen-bond donors (Lipinski definition) is 1. The van der Waals surface area contributed by atoms with Gasteiger partial charge in [0.15, 0.2) is 24.1 Å². The van der Waals surface area contributed by atoms with E-state index in [2.05, 4.69) is 19.6 Å². The molecule has 0 spiro atoms. The lowest BCUT2D eigenvalue weighted by Gasteiger charge is -2.29. The van der Waals surface area contributed by atoms with Gasteiger partial charge in [-0.3, -0.25) is 0 Å². The molecule has 0 radical (unpaired) electrons. The Balaban J connectivity index is 2.53. The number of rotatable bonds is 9. The van der Waals surface area contributed by atoms with Crippen LogP contribution < -0.4 is 5.73 Å². The van der Waals surface area contributed by atoms with Crippen molar-refractivity contribution in [3.05, 3.63) is 24.2 Å². The number of anilines is 1. The van der Waals surface area contributed by atoms with Gasteiger partial charge in [0, 0.05) is 0 Å². The van der Waals surface area contributed by atoms with Gasteiger partial charge in [-0.05, 0) is 26.0 Å². The second-order valence-corrected chi connectivity index (χ2v) is 6.70.